The fraction of sp³-hybridized carbons (Fsp3) is 0.400. The number of aromatic nitrogens is 3. The van der Waals surface area contributed by atoms with Gasteiger partial charge < -0.3 is 9.64 Å². The van der Waals surface area contributed by atoms with Crippen molar-refractivity contribution < 1.29 is 4.74 Å². The molecule has 0 aliphatic heterocycles. The first kappa shape index (κ1) is 15.5. The number of rotatable bonds is 7. The Morgan fingerprint density at radius 2 is 1.90 bits per heavy atom. The molecule has 0 fully saturated rings. The maximum Gasteiger partial charge on any atom is 0.322 e. The minimum atomic E-state index is 0.151. The second-order valence-corrected chi connectivity index (χ2v) is 5.03. The van der Waals surface area contributed by atoms with Crippen molar-refractivity contribution in [3.05, 3.63) is 41.2 Å². The molecule has 21 heavy (non-hydrogen) atoms. The second-order valence-electron chi connectivity index (χ2n) is 4.69. The van der Waals surface area contributed by atoms with E-state index in [0.717, 1.165) is 19.4 Å². The molecule has 0 aliphatic rings. The minimum absolute atomic E-state index is 0.151. The van der Waals surface area contributed by atoms with Crippen molar-refractivity contribution in [1.82, 2.24) is 15.0 Å². The van der Waals surface area contributed by atoms with E-state index >= 15 is 0 Å². The predicted octanol–water partition coefficient (Wildman–Crippen LogP) is 2.99. The fourth-order valence-corrected chi connectivity index (χ4v) is 1.94. The Bertz CT molecular complexity index is 565. The van der Waals surface area contributed by atoms with E-state index in [1.165, 1.54) is 5.56 Å². The van der Waals surface area contributed by atoms with Crippen LogP contribution in [0.4, 0.5) is 5.95 Å². The van der Waals surface area contributed by atoms with Crippen LogP contribution in [0.3, 0.4) is 0 Å². The van der Waals surface area contributed by atoms with Gasteiger partial charge in [-0.1, -0.05) is 37.3 Å². The minimum Gasteiger partial charge on any atom is -0.463 e. The average Bonchev–Trinajstić information content (AvgIpc) is 2.51. The topological polar surface area (TPSA) is 51.1 Å². The normalized spacial score (nSPS) is 10.4. The quantitative estimate of drug-likeness (QED) is 0.787. The average molecular weight is 307 g/mol. The van der Waals surface area contributed by atoms with E-state index in [1.807, 2.05) is 37.1 Å². The molecule has 1 heterocycles. The Labute approximate surface area is 130 Å². The fourth-order valence-electron chi connectivity index (χ4n) is 1.79. The molecule has 0 unspecified atom stereocenters. The van der Waals surface area contributed by atoms with E-state index in [1.54, 1.807) is 0 Å². The Morgan fingerprint density at radius 1 is 1.14 bits per heavy atom. The van der Waals surface area contributed by atoms with Gasteiger partial charge in [0.2, 0.25) is 11.2 Å². The van der Waals surface area contributed by atoms with E-state index in [-0.39, 0.29) is 11.3 Å². The summed E-state index contributed by atoms with van der Waals surface area (Å²) in [6, 6.07) is 10.6. The van der Waals surface area contributed by atoms with Crippen LogP contribution in [-0.2, 0) is 6.42 Å². The Morgan fingerprint density at radius 3 is 2.62 bits per heavy atom. The van der Waals surface area contributed by atoms with Crippen LogP contribution in [0.1, 0.15) is 18.9 Å². The molecule has 0 amide bonds. The van der Waals surface area contributed by atoms with E-state index < -0.39 is 0 Å². The van der Waals surface area contributed by atoms with Crippen molar-refractivity contribution >= 4 is 17.5 Å². The number of halogens is 1. The molecule has 2 aromatic rings. The lowest BCUT2D eigenvalue weighted by molar-refractivity contribution is 0.291. The standard InChI is InChI=1S/C15H19ClN4O/c1-3-11-21-15-18-13(16)17-14(19-15)20(2)10-9-12-7-5-4-6-8-12/h4-8H,3,9-11H2,1-2H3. The maximum atomic E-state index is 5.92. The molecular formula is C15H19ClN4O. The highest BCUT2D eigenvalue weighted by Crippen LogP contribution is 2.14. The molecule has 0 aliphatic carbocycles. The van der Waals surface area contributed by atoms with Gasteiger partial charge in [0.05, 0.1) is 6.61 Å². The smallest absolute Gasteiger partial charge is 0.322 e. The van der Waals surface area contributed by atoms with E-state index in [4.69, 9.17) is 16.3 Å². The van der Waals surface area contributed by atoms with Crippen molar-refractivity contribution in [1.29, 1.82) is 0 Å². The van der Waals surface area contributed by atoms with Gasteiger partial charge in [-0.3, -0.25) is 0 Å². The lowest BCUT2D eigenvalue weighted by Crippen LogP contribution is -2.23. The highest BCUT2D eigenvalue weighted by molar-refractivity contribution is 6.28. The summed E-state index contributed by atoms with van der Waals surface area (Å²) < 4.78 is 5.42. The molecule has 1 aromatic heterocycles. The summed E-state index contributed by atoms with van der Waals surface area (Å²) in [4.78, 5) is 14.3. The second kappa shape index (κ2) is 7.78. The molecule has 2 rings (SSSR count). The molecule has 0 bridgehead atoms. The number of ether oxygens (including phenoxy) is 1. The number of benzene rings is 1. The molecule has 1 aromatic carbocycles. The number of hydrogen-bond donors (Lipinski definition) is 0. The van der Waals surface area contributed by atoms with Gasteiger partial charge in [-0.2, -0.15) is 15.0 Å². The van der Waals surface area contributed by atoms with Gasteiger partial charge in [0.1, 0.15) is 0 Å². The molecule has 0 atom stereocenters. The van der Waals surface area contributed by atoms with Crippen LogP contribution in [0.5, 0.6) is 6.01 Å². The molecule has 6 heteroatoms. The first-order valence-electron chi connectivity index (χ1n) is 6.98. The molecule has 0 spiro atoms. The Kier molecular flexibility index (Phi) is 5.75. The predicted molar refractivity (Wildman–Crippen MR) is 84.0 cm³/mol. The third kappa shape index (κ3) is 4.86. The molecular weight excluding hydrogens is 288 g/mol. The number of likely N-dealkylation sites (N-methyl/N-ethyl adjacent to an activating group) is 1. The van der Waals surface area contributed by atoms with Crippen LogP contribution in [0, 0.1) is 0 Å². The van der Waals surface area contributed by atoms with Crippen LogP contribution in [0.15, 0.2) is 30.3 Å². The number of anilines is 1. The summed E-state index contributed by atoms with van der Waals surface area (Å²) in [5.41, 5.74) is 1.27. The molecule has 0 radical (unpaired) electrons. The Hall–Kier alpha value is -1.88. The van der Waals surface area contributed by atoms with Crippen molar-refractivity contribution in [2.75, 3.05) is 25.1 Å². The third-order valence-electron chi connectivity index (χ3n) is 2.93. The van der Waals surface area contributed by atoms with Gasteiger partial charge in [0.25, 0.3) is 0 Å². The third-order valence-corrected chi connectivity index (χ3v) is 3.10. The summed E-state index contributed by atoms with van der Waals surface area (Å²) in [5.74, 6) is 0.525. The van der Waals surface area contributed by atoms with Gasteiger partial charge in [-0.25, -0.2) is 0 Å². The highest BCUT2D eigenvalue weighted by Gasteiger charge is 2.10. The van der Waals surface area contributed by atoms with Crippen LogP contribution in [0.2, 0.25) is 5.28 Å². The monoisotopic (exact) mass is 306 g/mol. The van der Waals surface area contributed by atoms with Gasteiger partial charge in [0, 0.05) is 13.6 Å². The zero-order valence-corrected chi connectivity index (χ0v) is 13.0. The lowest BCUT2D eigenvalue weighted by atomic mass is 10.1. The van der Waals surface area contributed by atoms with Crippen LogP contribution in [0.25, 0.3) is 0 Å². The van der Waals surface area contributed by atoms with Crippen molar-refractivity contribution in [3.8, 4) is 6.01 Å². The molecule has 0 saturated heterocycles. The number of nitrogens with zero attached hydrogens (tertiary/aromatic N) is 4. The summed E-state index contributed by atoms with van der Waals surface area (Å²) in [7, 11) is 1.93. The van der Waals surface area contributed by atoms with Crippen molar-refractivity contribution in [2.45, 2.75) is 19.8 Å². The molecule has 0 saturated carbocycles. The SMILES string of the molecule is CCCOc1nc(Cl)nc(N(C)CCc2ccccc2)n1. The van der Waals surface area contributed by atoms with Gasteiger partial charge in [-0.15, -0.1) is 0 Å². The van der Waals surface area contributed by atoms with Crippen LogP contribution < -0.4 is 9.64 Å². The van der Waals surface area contributed by atoms with Crippen molar-refractivity contribution in [3.63, 3.8) is 0 Å². The molecule has 0 N–H and O–H groups in total. The van der Waals surface area contributed by atoms with E-state index in [9.17, 15) is 0 Å². The van der Waals surface area contributed by atoms with Gasteiger partial charge in [-0.05, 0) is 30.0 Å². The van der Waals surface area contributed by atoms with Crippen LogP contribution in [-0.4, -0.2) is 35.2 Å². The van der Waals surface area contributed by atoms with Gasteiger partial charge >= 0.3 is 6.01 Å². The number of hydrogen-bond acceptors (Lipinski definition) is 5. The Balaban J connectivity index is 2.01. The summed E-state index contributed by atoms with van der Waals surface area (Å²) in [5, 5.41) is 0.151. The first-order chi connectivity index (χ1) is 10.2. The zero-order valence-electron chi connectivity index (χ0n) is 12.3. The van der Waals surface area contributed by atoms with E-state index in [2.05, 4.69) is 27.1 Å². The lowest BCUT2D eigenvalue weighted by Gasteiger charge is -2.17. The molecule has 112 valence electrons. The van der Waals surface area contributed by atoms with Gasteiger partial charge in [0.15, 0.2) is 0 Å². The largest absolute Gasteiger partial charge is 0.463 e. The van der Waals surface area contributed by atoms with E-state index in [0.29, 0.717) is 12.6 Å². The highest BCUT2D eigenvalue weighted by atomic mass is 35.5. The molecule has 5 nitrogen and oxygen atoms in total. The summed E-state index contributed by atoms with van der Waals surface area (Å²) in [6.45, 7) is 3.38. The summed E-state index contributed by atoms with van der Waals surface area (Å²) in [6.07, 6.45) is 1.80. The summed E-state index contributed by atoms with van der Waals surface area (Å²) >= 11 is 5.92. The first-order valence-corrected chi connectivity index (χ1v) is 7.36. The zero-order chi connectivity index (χ0) is 15.1. The van der Waals surface area contributed by atoms with Crippen molar-refractivity contribution in [2.24, 2.45) is 0 Å². The van der Waals surface area contributed by atoms with Crippen LogP contribution >= 0.6 is 11.6 Å². The maximum absolute atomic E-state index is 5.92.